The van der Waals surface area contributed by atoms with Crippen LogP contribution < -0.4 is 25.2 Å². The molecule has 3 aliphatic rings. The van der Waals surface area contributed by atoms with Gasteiger partial charge in [0.05, 0.1) is 44.2 Å². The number of alkyl halides is 3. The Morgan fingerprint density at radius 1 is 1.19 bits per heavy atom. The standard InChI is InChI=1S/C27H35F3N4O3/c1-2-37-24-8-4-7-23(16-24)33-13-10-22(11-14-33)34-12-9-21(18-34)32-25(35)17-31-26(36)19-5-3-6-20(15-19)27(28,29)30/h3-5,7-8,15-16,20-22H,2,6,9-14,17-18H2,1H3,(H,31,36)(H,32,35)/p+1/t20?,21-/m1/s1. The van der Waals surface area contributed by atoms with Crippen LogP contribution in [0.3, 0.4) is 0 Å². The number of amides is 2. The van der Waals surface area contributed by atoms with Crippen LogP contribution >= 0.6 is 0 Å². The molecular formula is C27H36F3N4O3+. The Balaban J connectivity index is 1.18. The molecule has 2 fully saturated rings. The van der Waals surface area contributed by atoms with Crippen molar-refractivity contribution in [3.63, 3.8) is 0 Å². The summed E-state index contributed by atoms with van der Waals surface area (Å²) in [5, 5.41) is 5.42. The molecule has 10 heteroatoms. The van der Waals surface area contributed by atoms with Gasteiger partial charge >= 0.3 is 6.18 Å². The highest BCUT2D eigenvalue weighted by Crippen LogP contribution is 2.33. The lowest BCUT2D eigenvalue weighted by molar-refractivity contribution is -0.914. The molecule has 3 N–H and O–H groups in total. The summed E-state index contributed by atoms with van der Waals surface area (Å²) in [5.41, 5.74) is 1.12. The summed E-state index contributed by atoms with van der Waals surface area (Å²) in [7, 11) is 0. The molecule has 37 heavy (non-hydrogen) atoms. The van der Waals surface area contributed by atoms with E-state index in [9.17, 15) is 22.8 Å². The maximum absolute atomic E-state index is 12.9. The van der Waals surface area contributed by atoms with E-state index in [1.165, 1.54) is 22.7 Å². The lowest BCUT2D eigenvalue weighted by atomic mass is 9.95. The largest absolute Gasteiger partial charge is 0.494 e. The quantitative estimate of drug-likeness (QED) is 0.490. The highest BCUT2D eigenvalue weighted by Gasteiger charge is 2.39. The predicted octanol–water partition coefficient (Wildman–Crippen LogP) is 2.01. The molecule has 2 aliphatic heterocycles. The third-order valence-corrected chi connectivity index (χ3v) is 7.41. The first kappa shape index (κ1) is 27.0. The van der Waals surface area contributed by atoms with Gasteiger partial charge in [-0.05, 0) is 25.5 Å². The fourth-order valence-electron chi connectivity index (χ4n) is 5.46. The molecule has 4 rings (SSSR count). The zero-order chi connectivity index (χ0) is 26.4. The minimum absolute atomic E-state index is 0.0312. The Morgan fingerprint density at radius 2 is 1.97 bits per heavy atom. The number of quaternary nitrogens is 1. The summed E-state index contributed by atoms with van der Waals surface area (Å²) in [6.45, 7) is 6.14. The molecule has 0 spiro atoms. The second-order valence-electron chi connectivity index (χ2n) is 9.95. The summed E-state index contributed by atoms with van der Waals surface area (Å²) in [4.78, 5) is 28.5. The third-order valence-electron chi connectivity index (χ3n) is 7.41. The molecule has 0 radical (unpaired) electrons. The minimum atomic E-state index is -4.39. The topological polar surface area (TPSA) is 75.1 Å². The van der Waals surface area contributed by atoms with E-state index in [4.69, 9.17) is 4.74 Å². The zero-order valence-electron chi connectivity index (χ0n) is 21.2. The Hall–Kier alpha value is -3.01. The van der Waals surface area contributed by atoms with Crippen molar-refractivity contribution in [3.8, 4) is 5.75 Å². The number of halogens is 3. The van der Waals surface area contributed by atoms with Crippen LogP contribution in [0.15, 0.2) is 48.1 Å². The van der Waals surface area contributed by atoms with E-state index in [1.54, 1.807) is 0 Å². The van der Waals surface area contributed by atoms with Crippen molar-refractivity contribution in [2.45, 2.75) is 50.9 Å². The predicted molar refractivity (Wildman–Crippen MR) is 134 cm³/mol. The first-order chi connectivity index (χ1) is 17.7. The number of nitrogens with one attached hydrogen (secondary N) is 3. The molecule has 0 bridgehead atoms. The summed E-state index contributed by atoms with van der Waals surface area (Å²) in [6, 6.07) is 8.78. The zero-order valence-corrected chi connectivity index (χ0v) is 21.2. The van der Waals surface area contributed by atoms with Crippen molar-refractivity contribution in [1.29, 1.82) is 0 Å². The summed E-state index contributed by atoms with van der Waals surface area (Å²) >= 11 is 0. The van der Waals surface area contributed by atoms with Gasteiger partial charge in [0.1, 0.15) is 5.75 Å². The van der Waals surface area contributed by atoms with Crippen LogP contribution in [0.1, 0.15) is 32.6 Å². The fraction of sp³-hybridized carbons (Fsp3) is 0.556. The van der Waals surface area contributed by atoms with Crippen molar-refractivity contribution in [2.24, 2.45) is 5.92 Å². The number of allylic oxidation sites excluding steroid dienone is 2. The maximum Gasteiger partial charge on any atom is 0.395 e. The first-order valence-corrected chi connectivity index (χ1v) is 13.1. The minimum Gasteiger partial charge on any atom is -0.494 e. The first-order valence-electron chi connectivity index (χ1n) is 13.1. The number of piperidine rings is 1. The molecule has 2 unspecified atom stereocenters. The van der Waals surface area contributed by atoms with E-state index in [0.717, 1.165) is 57.3 Å². The van der Waals surface area contributed by atoms with E-state index in [2.05, 4.69) is 27.7 Å². The molecule has 2 saturated heterocycles. The number of carbonyl (C=O) groups is 2. The van der Waals surface area contributed by atoms with Crippen molar-refractivity contribution < 1.29 is 32.4 Å². The molecule has 202 valence electrons. The number of benzene rings is 1. The number of rotatable bonds is 8. The Bertz CT molecular complexity index is 1020. The van der Waals surface area contributed by atoms with Gasteiger partial charge in [0.15, 0.2) is 0 Å². The Labute approximate surface area is 215 Å². The van der Waals surface area contributed by atoms with Crippen LogP contribution in [0.4, 0.5) is 18.9 Å². The lowest BCUT2D eigenvalue weighted by Gasteiger charge is -2.36. The van der Waals surface area contributed by atoms with E-state index in [-0.39, 0.29) is 30.5 Å². The van der Waals surface area contributed by atoms with Gasteiger partial charge in [0, 0.05) is 49.7 Å². The molecule has 0 saturated carbocycles. The smallest absolute Gasteiger partial charge is 0.395 e. The van der Waals surface area contributed by atoms with E-state index < -0.39 is 18.0 Å². The normalized spacial score (nSPS) is 24.5. The molecular weight excluding hydrogens is 485 g/mol. The van der Waals surface area contributed by atoms with E-state index in [0.29, 0.717) is 12.6 Å². The van der Waals surface area contributed by atoms with Gasteiger partial charge in [0.2, 0.25) is 5.91 Å². The van der Waals surface area contributed by atoms with Crippen LogP contribution in [0.25, 0.3) is 0 Å². The number of anilines is 1. The number of hydrogen-bond donors (Lipinski definition) is 3. The Kier molecular flexibility index (Phi) is 8.79. The highest BCUT2D eigenvalue weighted by molar-refractivity contribution is 5.98. The van der Waals surface area contributed by atoms with Crippen molar-refractivity contribution in [1.82, 2.24) is 10.6 Å². The molecule has 3 atom stereocenters. The summed E-state index contributed by atoms with van der Waals surface area (Å²) in [5.74, 6) is -1.78. The number of nitrogens with zero attached hydrogens (tertiary/aromatic N) is 1. The molecule has 2 amide bonds. The van der Waals surface area contributed by atoms with Gasteiger partial charge in [-0.25, -0.2) is 0 Å². The van der Waals surface area contributed by atoms with E-state index >= 15 is 0 Å². The third kappa shape index (κ3) is 7.28. The number of likely N-dealkylation sites (tertiary alicyclic amines) is 1. The van der Waals surface area contributed by atoms with Gasteiger partial charge in [0.25, 0.3) is 5.91 Å². The fourth-order valence-corrected chi connectivity index (χ4v) is 5.46. The number of carbonyl (C=O) groups excluding carboxylic acids is 2. The maximum atomic E-state index is 12.9. The molecule has 1 aromatic carbocycles. The molecule has 1 aliphatic carbocycles. The summed E-state index contributed by atoms with van der Waals surface area (Å²) in [6.07, 6.45) is 2.08. The highest BCUT2D eigenvalue weighted by atomic mass is 19.4. The summed E-state index contributed by atoms with van der Waals surface area (Å²) < 4.78 is 44.4. The van der Waals surface area contributed by atoms with E-state index in [1.807, 2.05) is 19.1 Å². The van der Waals surface area contributed by atoms with Crippen LogP contribution in [-0.2, 0) is 9.59 Å². The van der Waals surface area contributed by atoms with Crippen molar-refractivity contribution >= 4 is 17.5 Å². The van der Waals surface area contributed by atoms with Crippen LogP contribution in [0.5, 0.6) is 5.75 Å². The van der Waals surface area contributed by atoms with Crippen molar-refractivity contribution in [2.75, 3.05) is 44.2 Å². The van der Waals surface area contributed by atoms with Gasteiger partial charge < -0.3 is 25.2 Å². The molecule has 7 nitrogen and oxygen atoms in total. The number of hydrogen-bond acceptors (Lipinski definition) is 4. The van der Waals surface area contributed by atoms with Crippen LogP contribution in [0, 0.1) is 5.92 Å². The second kappa shape index (κ2) is 12.0. The monoisotopic (exact) mass is 521 g/mol. The Morgan fingerprint density at radius 3 is 2.70 bits per heavy atom. The lowest BCUT2D eigenvalue weighted by Crippen LogP contribution is -3.15. The SMILES string of the molecule is CCOc1cccc(N2CCC([NH+]3CC[C@@H](NC(=O)CNC(=O)C4=CC(C(F)(F)F)CC=C4)C3)CC2)c1. The molecule has 1 aromatic rings. The van der Waals surface area contributed by atoms with Gasteiger partial charge in [-0.1, -0.05) is 24.3 Å². The number of ether oxygens (including phenoxy) is 1. The second-order valence-corrected chi connectivity index (χ2v) is 9.95. The molecule has 2 heterocycles. The van der Waals surface area contributed by atoms with Crippen LogP contribution in [0.2, 0.25) is 0 Å². The average molecular weight is 522 g/mol. The average Bonchev–Trinajstić information content (AvgIpc) is 3.36. The van der Waals surface area contributed by atoms with Gasteiger partial charge in [-0.3, -0.25) is 9.59 Å². The van der Waals surface area contributed by atoms with Crippen LogP contribution in [-0.4, -0.2) is 69.4 Å². The molecule has 0 aromatic heterocycles. The van der Waals surface area contributed by atoms with Gasteiger partial charge in [-0.15, -0.1) is 0 Å². The van der Waals surface area contributed by atoms with Crippen molar-refractivity contribution in [3.05, 3.63) is 48.1 Å². The van der Waals surface area contributed by atoms with Gasteiger partial charge in [-0.2, -0.15) is 13.2 Å².